The predicted molar refractivity (Wildman–Crippen MR) is 48.3 cm³/mol. The van der Waals surface area contributed by atoms with Gasteiger partial charge in [0.25, 0.3) is 0 Å². The molecule has 3 N–H and O–H groups in total. The number of nitrogens with two attached hydrogens (primary N) is 1. The summed E-state index contributed by atoms with van der Waals surface area (Å²) in [6.07, 6.45) is 0.413. The van der Waals surface area contributed by atoms with E-state index in [0.717, 1.165) is 0 Å². The number of nitrogens with zero attached hydrogens (tertiary/aromatic N) is 2. The Hall–Kier alpha value is -0.980. The van der Waals surface area contributed by atoms with Crippen molar-refractivity contribution in [2.45, 2.75) is 26.0 Å². The van der Waals surface area contributed by atoms with Gasteiger partial charge >= 0.3 is 0 Å². The van der Waals surface area contributed by atoms with Gasteiger partial charge in [-0.1, -0.05) is 5.16 Å². The first-order valence-corrected chi connectivity index (χ1v) is 4.54. The Morgan fingerprint density at radius 1 is 1.64 bits per heavy atom. The molecule has 1 aromatic heterocycles. The van der Waals surface area contributed by atoms with E-state index in [0.29, 0.717) is 31.3 Å². The van der Waals surface area contributed by atoms with Crippen molar-refractivity contribution in [3.05, 3.63) is 11.7 Å². The average molecular weight is 201 g/mol. The van der Waals surface area contributed by atoms with E-state index in [1.807, 2.05) is 6.92 Å². The lowest BCUT2D eigenvalue weighted by Gasteiger charge is -2.01. The Kier molecular flexibility index (Phi) is 4.51. The van der Waals surface area contributed by atoms with Gasteiger partial charge in [-0.2, -0.15) is 4.98 Å². The molecule has 14 heavy (non-hydrogen) atoms. The maximum atomic E-state index is 8.65. The molecule has 1 heterocycles. The van der Waals surface area contributed by atoms with Crippen molar-refractivity contribution in [2.75, 3.05) is 13.2 Å². The van der Waals surface area contributed by atoms with Crippen LogP contribution in [0.5, 0.6) is 0 Å². The smallest absolute Gasteiger partial charge is 0.243 e. The molecule has 80 valence electrons. The Morgan fingerprint density at radius 3 is 3.07 bits per heavy atom. The van der Waals surface area contributed by atoms with E-state index in [1.54, 1.807) is 0 Å². The molecule has 0 aliphatic heterocycles. The summed E-state index contributed by atoms with van der Waals surface area (Å²) in [6, 6.07) is -0.400. The highest BCUT2D eigenvalue weighted by atomic mass is 16.5. The number of aromatic nitrogens is 2. The largest absolute Gasteiger partial charge is 0.396 e. The van der Waals surface area contributed by atoms with Crippen molar-refractivity contribution in [3.63, 3.8) is 0 Å². The highest BCUT2D eigenvalue weighted by molar-refractivity contribution is 4.90. The van der Waals surface area contributed by atoms with Crippen LogP contribution in [0.15, 0.2) is 4.52 Å². The fourth-order valence-electron chi connectivity index (χ4n) is 0.933. The van der Waals surface area contributed by atoms with Crippen LogP contribution in [0.2, 0.25) is 0 Å². The zero-order chi connectivity index (χ0) is 10.4. The van der Waals surface area contributed by atoms with E-state index in [4.69, 9.17) is 20.1 Å². The Morgan fingerprint density at radius 2 is 2.43 bits per heavy atom. The topological polar surface area (TPSA) is 94.4 Å². The summed E-state index contributed by atoms with van der Waals surface area (Å²) in [5.74, 6) is 0.823. The van der Waals surface area contributed by atoms with Gasteiger partial charge in [-0.15, -0.1) is 0 Å². The summed E-state index contributed by atoms with van der Waals surface area (Å²) >= 11 is 0. The summed E-state index contributed by atoms with van der Waals surface area (Å²) in [4.78, 5) is 4.03. The molecule has 0 fully saturated rings. The monoisotopic (exact) mass is 201 g/mol. The van der Waals surface area contributed by atoms with Crippen LogP contribution < -0.4 is 5.73 Å². The number of aliphatic hydroxyl groups is 1. The van der Waals surface area contributed by atoms with Gasteiger partial charge in [-0.3, -0.25) is 0 Å². The summed E-state index contributed by atoms with van der Waals surface area (Å²) < 4.78 is 10.00. The quantitative estimate of drug-likeness (QED) is 0.672. The number of ether oxygens (including phenoxy) is 1. The zero-order valence-electron chi connectivity index (χ0n) is 8.14. The van der Waals surface area contributed by atoms with Gasteiger partial charge in [0, 0.05) is 13.2 Å². The lowest BCUT2D eigenvalue weighted by Crippen LogP contribution is -2.12. The van der Waals surface area contributed by atoms with Crippen molar-refractivity contribution in [2.24, 2.45) is 5.73 Å². The van der Waals surface area contributed by atoms with Gasteiger partial charge in [0.15, 0.2) is 5.82 Å². The van der Waals surface area contributed by atoms with Crippen molar-refractivity contribution >= 4 is 0 Å². The van der Waals surface area contributed by atoms with Crippen LogP contribution in [0.25, 0.3) is 0 Å². The predicted octanol–water partition coefficient (Wildman–Crippen LogP) is -0.0117. The second-order valence-corrected chi connectivity index (χ2v) is 2.80. The molecule has 1 aromatic rings. The van der Waals surface area contributed by atoms with Gasteiger partial charge in [-0.05, 0) is 13.3 Å². The van der Waals surface area contributed by atoms with Gasteiger partial charge in [-0.25, -0.2) is 0 Å². The summed E-state index contributed by atoms with van der Waals surface area (Å²) in [7, 11) is 0. The number of aliphatic hydroxyl groups excluding tert-OH is 1. The number of hydrogen-bond donors (Lipinski definition) is 2. The normalized spacial score (nSPS) is 13.1. The molecule has 6 nitrogen and oxygen atoms in total. The van der Waals surface area contributed by atoms with E-state index < -0.39 is 6.04 Å². The van der Waals surface area contributed by atoms with Crippen molar-refractivity contribution in [1.29, 1.82) is 0 Å². The molecule has 0 aromatic carbocycles. The van der Waals surface area contributed by atoms with E-state index >= 15 is 0 Å². The summed E-state index contributed by atoms with van der Waals surface area (Å²) in [5.41, 5.74) is 5.65. The van der Waals surface area contributed by atoms with Gasteiger partial charge in [0.2, 0.25) is 5.89 Å². The van der Waals surface area contributed by atoms with Crippen molar-refractivity contribution in [1.82, 2.24) is 10.1 Å². The molecule has 6 heteroatoms. The Bertz CT molecular complexity index is 264. The van der Waals surface area contributed by atoms with E-state index in [-0.39, 0.29) is 6.61 Å². The number of rotatable bonds is 6. The molecule has 0 radical (unpaired) electrons. The molecule has 0 bridgehead atoms. The van der Waals surface area contributed by atoms with Gasteiger partial charge in [0.05, 0.1) is 6.04 Å². The third-order valence-corrected chi connectivity index (χ3v) is 1.68. The SMILES string of the molecule is CCOCc1noc(C(N)CCO)n1. The molecule has 0 saturated heterocycles. The Balaban J connectivity index is 2.49. The Labute approximate surface area is 82.1 Å². The molecule has 1 atom stereocenters. The molecular weight excluding hydrogens is 186 g/mol. The molecule has 0 aliphatic rings. The summed E-state index contributed by atoms with van der Waals surface area (Å²) in [6.45, 7) is 2.82. The van der Waals surface area contributed by atoms with Crippen LogP contribution in [0.4, 0.5) is 0 Å². The first-order valence-electron chi connectivity index (χ1n) is 4.54. The van der Waals surface area contributed by atoms with Crippen LogP contribution in [0.1, 0.15) is 31.1 Å². The third-order valence-electron chi connectivity index (χ3n) is 1.68. The van der Waals surface area contributed by atoms with Crippen LogP contribution in [0.3, 0.4) is 0 Å². The van der Waals surface area contributed by atoms with Crippen molar-refractivity contribution in [3.8, 4) is 0 Å². The van der Waals surface area contributed by atoms with E-state index in [1.165, 1.54) is 0 Å². The molecule has 1 rings (SSSR count). The number of hydrogen-bond acceptors (Lipinski definition) is 6. The molecule has 0 spiro atoms. The minimum Gasteiger partial charge on any atom is -0.396 e. The van der Waals surface area contributed by atoms with Gasteiger partial charge < -0.3 is 20.1 Å². The second kappa shape index (κ2) is 5.69. The van der Waals surface area contributed by atoms with Crippen LogP contribution >= 0.6 is 0 Å². The lowest BCUT2D eigenvalue weighted by molar-refractivity contribution is 0.126. The maximum absolute atomic E-state index is 8.65. The van der Waals surface area contributed by atoms with Gasteiger partial charge in [0.1, 0.15) is 6.61 Å². The second-order valence-electron chi connectivity index (χ2n) is 2.80. The maximum Gasteiger partial charge on any atom is 0.243 e. The fraction of sp³-hybridized carbons (Fsp3) is 0.750. The van der Waals surface area contributed by atoms with E-state index in [2.05, 4.69) is 10.1 Å². The zero-order valence-corrected chi connectivity index (χ0v) is 8.14. The van der Waals surface area contributed by atoms with Crippen molar-refractivity contribution < 1.29 is 14.4 Å². The summed E-state index contributed by atoms with van der Waals surface area (Å²) in [5, 5.41) is 12.3. The highest BCUT2D eigenvalue weighted by Gasteiger charge is 2.13. The van der Waals surface area contributed by atoms with E-state index in [9.17, 15) is 0 Å². The minimum atomic E-state index is -0.400. The van der Waals surface area contributed by atoms with Crippen LogP contribution in [0, 0.1) is 0 Å². The van der Waals surface area contributed by atoms with Crippen LogP contribution in [-0.4, -0.2) is 28.5 Å². The minimum absolute atomic E-state index is 0.00431. The lowest BCUT2D eigenvalue weighted by atomic mass is 10.2. The third kappa shape index (κ3) is 3.06. The standard InChI is InChI=1S/C8H15N3O3/c1-2-13-5-7-10-8(14-11-7)6(9)3-4-12/h6,12H,2-5,9H2,1H3. The molecular formula is C8H15N3O3. The molecule has 0 saturated carbocycles. The molecule has 0 amide bonds. The first-order chi connectivity index (χ1) is 6.77. The fourth-order valence-corrected chi connectivity index (χ4v) is 0.933. The molecule has 0 aliphatic carbocycles. The highest BCUT2D eigenvalue weighted by Crippen LogP contribution is 2.10. The molecule has 1 unspecified atom stereocenters. The van der Waals surface area contributed by atoms with Crippen LogP contribution in [-0.2, 0) is 11.3 Å². The first kappa shape index (κ1) is 11.1. The average Bonchev–Trinajstić information content (AvgIpc) is 2.63.